The summed E-state index contributed by atoms with van der Waals surface area (Å²) in [6, 6.07) is 14.1. The molecule has 2 aromatic rings. The van der Waals surface area contributed by atoms with E-state index in [9.17, 15) is 9.90 Å². The number of nitrogens with one attached hydrogen (secondary N) is 2. The average molecular weight is 337 g/mol. The summed E-state index contributed by atoms with van der Waals surface area (Å²) in [5.74, 6) is 0. The second-order valence-corrected chi connectivity index (χ2v) is 5.89. The number of thioether (sulfide) groups is 1. The number of rotatable bonds is 5. The molecule has 0 aliphatic heterocycles. The number of amides is 2. The maximum absolute atomic E-state index is 11.8. The van der Waals surface area contributed by atoms with Crippen LogP contribution < -0.4 is 10.6 Å². The van der Waals surface area contributed by atoms with Crippen LogP contribution in [0.4, 0.5) is 10.5 Å². The molecule has 0 unspecified atom stereocenters. The first-order valence-corrected chi connectivity index (χ1v) is 8.32. The van der Waals surface area contributed by atoms with E-state index in [-0.39, 0.29) is 6.54 Å². The van der Waals surface area contributed by atoms with Gasteiger partial charge in [-0.05, 0) is 36.1 Å². The quantitative estimate of drug-likeness (QED) is 0.725. The standard InChI is InChI=1S/C16H17ClN2O2S/c1-22-12-8-6-11(7-9-12)15(20)10-18-16(21)19-14-5-3-2-4-13(14)17/h2-9,15,20H,10H2,1H3,(H2,18,19,21)/t15-/m0/s1. The maximum Gasteiger partial charge on any atom is 0.319 e. The molecular formula is C16H17ClN2O2S. The van der Waals surface area contributed by atoms with Gasteiger partial charge in [0.1, 0.15) is 0 Å². The Hall–Kier alpha value is -1.69. The monoisotopic (exact) mass is 336 g/mol. The molecule has 0 spiro atoms. The summed E-state index contributed by atoms with van der Waals surface area (Å²) in [5, 5.41) is 15.8. The number of benzene rings is 2. The lowest BCUT2D eigenvalue weighted by Gasteiger charge is -2.13. The Balaban J connectivity index is 1.86. The Morgan fingerprint density at radius 3 is 2.55 bits per heavy atom. The molecule has 2 amide bonds. The summed E-state index contributed by atoms with van der Waals surface area (Å²) in [5.41, 5.74) is 1.29. The molecule has 4 nitrogen and oxygen atoms in total. The predicted molar refractivity (Wildman–Crippen MR) is 91.7 cm³/mol. The molecule has 0 radical (unpaired) electrons. The minimum Gasteiger partial charge on any atom is -0.387 e. The SMILES string of the molecule is CSc1ccc([C@@H](O)CNC(=O)Nc2ccccc2Cl)cc1. The maximum atomic E-state index is 11.8. The molecule has 0 fully saturated rings. The molecule has 0 aromatic heterocycles. The van der Waals surface area contributed by atoms with E-state index in [1.165, 1.54) is 0 Å². The summed E-state index contributed by atoms with van der Waals surface area (Å²) in [6.07, 6.45) is 1.24. The largest absolute Gasteiger partial charge is 0.387 e. The molecule has 1 atom stereocenters. The number of carbonyl (C=O) groups is 1. The van der Waals surface area contributed by atoms with Crippen molar-refractivity contribution in [2.24, 2.45) is 0 Å². The number of anilines is 1. The molecule has 116 valence electrons. The molecule has 2 aromatic carbocycles. The van der Waals surface area contributed by atoms with E-state index in [1.54, 1.807) is 36.0 Å². The highest BCUT2D eigenvalue weighted by Gasteiger charge is 2.10. The lowest BCUT2D eigenvalue weighted by Crippen LogP contribution is -2.32. The van der Waals surface area contributed by atoms with E-state index in [0.717, 1.165) is 10.5 Å². The van der Waals surface area contributed by atoms with E-state index in [1.807, 2.05) is 30.5 Å². The zero-order chi connectivity index (χ0) is 15.9. The van der Waals surface area contributed by atoms with Gasteiger partial charge < -0.3 is 15.7 Å². The van der Waals surface area contributed by atoms with Gasteiger partial charge in [-0.2, -0.15) is 0 Å². The van der Waals surface area contributed by atoms with Crippen LogP contribution in [0.5, 0.6) is 0 Å². The van der Waals surface area contributed by atoms with Crippen LogP contribution >= 0.6 is 23.4 Å². The number of aliphatic hydroxyl groups is 1. The van der Waals surface area contributed by atoms with Crippen LogP contribution in [0.3, 0.4) is 0 Å². The highest BCUT2D eigenvalue weighted by atomic mass is 35.5. The van der Waals surface area contributed by atoms with Gasteiger partial charge >= 0.3 is 6.03 Å². The summed E-state index contributed by atoms with van der Waals surface area (Å²) in [4.78, 5) is 12.9. The number of hydrogen-bond donors (Lipinski definition) is 3. The molecular weight excluding hydrogens is 320 g/mol. The van der Waals surface area contributed by atoms with Crippen molar-refractivity contribution < 1.29 is 9.90 Å². The Kier molecular flexibility index (Phi) is 6.12. The number of urea groups is 1. The highest BCUT2D eigenvalue weighted by molar-refractivity contribution is 7.98. The normalized spacial score (nSPS) is 11.8. The Morgan fingerprint density at radius 2 is 1.91 bits per heavy atom. The van der Waals surface area contributed by atoms with Crippen LogP contribution in [-0.2, 0) is 0 Å². The summed E-state index contributed by atoms with van der Waals surface area (Å²) < 4.78 is 0. The minimum atomic E-state index is -0.757. The first kappa shape index (κ1) is 16.7. The fourth-order valence-corrected chi connectivity index (χ4v) is 2.45. The van der Waals surface area contributed by atoms with Gasteiger partial charge in [-0.3, -0.25) is 0 Å². The topological polar surface area (TPSA) is 61.4 Å². The fraction of sp³-hybridized carbons (Fsp3) is 0.188. The van der Waals surface area contributed by atoms with Crippen molar-refractivity contribution >= 4 is 35.1 Å². The molecule has 0 aliphatic carbocycles. The van der Waals surface area contributed by atoms with Gasteiger partial charge in [0.05, 0.1) is 16.8 Å². The molecule has 6 heteroatoms. The van der Waals surface area contributed by atoms with E-state index in [4.69, 9.17) is 11.6 Å². The molecule has 0 heterocycles. The summed E-state index contributed by atoms with van der Waals surface area (Å²) in [7, 11) is 0. The highest BCUT2D eigenvalue weighted by Crippen LogP contribution is 2.21. The zero-order valence-electron chi connectivity index (χ0n) is 12.0. The van der Waals surface area contributed by atoms with Crippen LogP contribution in [0, 0.1) is 0 Å². The summed E-state index contributed by atoms with van der Waals surface area (Å²) >= 11 is 7.60. The van der Waals surface area contributed by atoms with E-state index in [2.05, 4.69) is 10.6 Å². The van der Waals surface area contributed by atoms with Gasteiger partial charge in [0.15, 0.2) is 0 Å². The third-order valence-corrected chi connectivity index (χ3v) is 4.15. The average Bonchev–Trinajstić information content (AvgIpc) is 2.55. The lowest BCUT2D eigenvalue weighted by molar-refractivity contribution is 0.175. The van der Waals surface area contributed by atoms with Crippen LogP contribution in [0.25, 0.3) is 0 Å². The first-order valence-electron chi connectivity index (χ1n) is 6.71. The smallest absolute Gasteiger partial charge is 0.319 e. The van der Waals surface area contributed by atoms with Crippen molar-refractivity contribution in [1.29, 1.82) is 0 Å². The van der Waals surface area contributed by atoms with Crippen LogP contribution in [0.2, 0.25) is 5.02 Å². The van der Waals surface area contributed by atoms with Gasteiger partial charge in [0.25, 0.3) is 0 Å². The van der Waals surface area contributed by atoms with Crippen molar-refractivity contribution in [3.63, 3.8) is 0 Å². The fourth-order valence-electron chi connectivity index (χ4n) is 1.86. The number of hydrogen-bond acceptors (Lipinski definition) is 3. The molecule has 2 rings (SSSR count). The van der Waals surface area contributed by atoms with Crippen LogP contribution in [-0.4, -0.2) is 23.9 Å². The van der Waals surface area contributed by atoms with Crippen LogP contribution in [0.15, 0.2) is 53.4 Å². The number of carbonyl (C=O) groups excluding carboxylic acids is 1. The predicted octanol–water partition coefficient (Wildman–Crippen LogP) is 3.92. The molecule has 22 heavy (non-hydrogen) atoms. The van der Waals surface area contributed by atoms with Gasteiger partial charge in [-0.25, -0.2) is 4.79 Å². The minimum absolute atomic E-state index is 0.120. The van der Waals surface area contributed by atoms with Crippen molar-refractivity contribution in [3.05, 3.63) is 59.1 Å². The lowest BCUT2D eigenvalue weighted by atomic mass is 10.1. The molecule has 0 saturated heterocycles. The zero-order valence-corrected chi connectivity index (χ0v) is 13.6. The van der Waals surface area contributed by atoms with Gasteiger partial charge in [0, 0.05) is 11.4 Å². The van der Waals surface area contributed by atoms with Gasteiger partial charge in [-0.1, -0.05) is 35.9 Å². The van der Waals surface area contributed by atoms with E-state index in [0.29, 0.717) is 10.7 Å². The third kappa shape index (κ3) is 4.66. The Bertz CT molecular complexity index is 634. The number of aliphatic hydroxyl groups excluding tert-OH is 1. The van der Waals surface area contributed by atoms with Crippen LogP contribution in [0.1, 0.15) is 11.7 Å². The Labute approximate surface area is 138 Å². The third-order valence-electron chi connectivity index (χ3n) is 3.08. The first-order chi connectivity index (χ1) is 10.6. The molecule has 0 aliphatic rings. The van der Waals surface area contributed by atoms with Crippen molar-refractivity contribution in [2.45, 2.75) is 11.0 Å². The van der Waals surface area contributed by atoms with Crippen molar-refractivity contribution in [3.8, 4) is 0 Å². The van der Waals surface area contributed by atoms with E-state index < -0.39 is 12.1 Å². The molecule has 3 N–H and O–H groups in total. The van der Waals surface area contributed by atoms with Gasteiger partial charge in [-0.15, -0.1) is 11.8 Å². The number of halogens is 1. The summed E-state index contributed by atoms with van der Waals surface area (Å²) in [6.45, 7) is 0.120. The molecule has 0 saturated carbocycles. The number of para-hydroxylation sites is 1. The van der Waals surface area contributed by atoms with Crippen molar-refractivity contribution in [2.75, 3.05) is 18.1 Å². The van der Waals surface area contributed by atoms with Crippen molar-refractivity contribution in [1.82, 2.24) is 5.32 Å². The second-order valence-electron chi connectivity index (χ2n) is 4.60. The Morgan fingerprint density at radius 1 is 1.23 bits per heavy atom. The van der Waals surface area contributed by atoms with E-state index >= 15 is 0 Å². The second kappa shape index (κ2) is 8.08. The molecule has 0 bridgehead atoms. The van der Waals surface area contributed by atoms with Gasteiger partial charge in [0.2, 0.25) is 0 Å².